The largest absolute Gasteiger partial charge is 1.00 e. The van der Waals surface area contributed by atoms with Crippen molar-refractivity contribution in [2.45, 2.75) is 75.2 Å². The molecule has 3 aromatic rings. The third-order valence-electron chi connectivity index (χ3n) is 11.3. The molecular formula is C33H36B3Na3O6. The summed E-state index contributed by atoms with van der Waals surface area (Å²) in [5.74, 6) is 9.25. The van der Waals surface area contributed by atoms with Crippen LogP contribution in [0, 0.1) is 17.8 Å². The predicted octanol–water partition coefficient (Wildman–Crippen LogP) is -3.23. The van der Waals surface area contributed by atoms with Crippen LogP contribution in [-0.4, -0.2) is 52.3 Å². The molecule has 3 saturated carbocycles. The topological polar surface area (TPSA) is 112 Å². The van der Waals surface area contributed by atoms with Gasteiger partial charge in [0.2, 0.25) is 0 Å². The molecule has 3 aliphatic heterocycles. The Kier molecular flexibility index (Phi) is 12.9. The molecule has 3 aliphatic carbocycles. The van der Waals surface area contributed by atoms with Crippen molar-refractivity contribution in [3.05, 3.63) is 87.3 Å². The Morgan fingerprint density at radius 2 is 0.778 bits per heavy atom. The van der Waals surface area contributed by atoms with E-state index in [2.05, 4.69) is 17.9 Å². The van der Waals surface area contributed by atoms with Crippen molar-refractivity contribution in [3.8, 4) is 0 Å². The van der Waals surface area contributed by atoms with Crippen molar-refractivity contribution >= 4 is 36.9 Å². The fraction of sp³-hybridized carbons (Fsp3) is 0.455. The van der Waals surface area contributed by atoms with E-state index in [1.165, 1.54) is 54.9 Å². The van der Waals surface area contributed by atoms with Crippen LogP contribution >= 0.6 is 0 Å². The smallest absolute Gasteiger partial charge is 0.478 e. The zero-order chi connectivity index (χ0) is 29.1. The molecule has 0 spiro atoms. The van der Waals surface area contributed by atoms with Gasteiger partial charge in [0.25, 0.3) is 0 Å². The zero-order valence-corrected chi connectivity index (χ0v) is 32.8. The minimum Gasteiger partial charge on any atom is -0.478 e. The Morgan fingerprint density at radius 1 is 0.511 bits per heavy atom. The standard InChI is InChI=1S/3C11H12BO2.3Na/c3*13-11(14)8-2-1-5-12-9(8)4-3-7-6-10(7)12;;;/h3*1-2,5,7,10H,3-4,6H2,(H,13,14);;;/q3*-1;3*+1. The van der Waals surface area contributed by atoms with E-state index in [-0.39, 0.29) is 88.7 Å². The minimum absolute atomic E-state index is 0. The monoisotopic (exact) mass is 630 g/mol. The number of rotatable bonds is 3. The first-order chi connectivity index (χ1) is 20.3. The predicted molar refractivity (Wildman–Crippen MR) is 164 cm³/mol. The molecule has 3 fully saturated rings. The molecule has 6 unspecified atom stereocenters. The number of hydrogen-bond acceptors (Lipinski definition) is 3. The molecule has 6 nitrogen and oxygen atoms in total. The molecule has 216 valence electrons. The molecule has 3 aromatic heterocycles. The van der Waals surface area contributed by atoms with Crippen molar-refractivity contribution in [1.82, 2.24) is 0 Å². The quantitative estimate of drug-likeness (QED) is 0.263. The van der Waals surface area contributed by atoms with Gasteiger partial charge in [0.15, 0.2) is 0 Å². The average molecular weight is 630 g/mol. The summed E-state index contributed by atoms with van der Waals surface area (Å²) < 4.78 is 0. The maximum atomic E-state index is 11.0. The number of fused-ring (bicyclic) bond motifs is 9. The van der Waals surface area contributed by atoms with Gasteiger partial charge in [-0.05, 0) is 0 Å². The number of carbonyl (C=O) groups is 3. The van der Waals surface area contributed by atoms with Crippen LogP contribution in [0.2, 0.25) is 0 Å². The van der Waals surface area contributed by atoms with Crippen LogP contribution in [0.15, 0.2) is 54.3 Å². The Hall–Kier alpha value is -0.345. The summed E-state index contributed by atoms with van der Waals surface area (Å²) in [6.07, 6.45) is 11.9. The molecule has 6 atom stereocenters. The molecule has 0 amide bonds. The molecular weight excluding hydrogens is 594 g/mol. The molecule has 6 heterocycles. The third-order valence-corrected chi connectivity index (χ3v) is 11.3. The number of aromatic carboxylic acids is 3. The van der Waals surface area contributed by atoms with Gasteiger partial charge in [-0.2, -0.15) is 17.5 Å². The van der Waals surface area contributed by atoms with E-state index in [1.54, 1.807) is 18.2 Å². The first kappa shape index (κ1) is 37.5. The molecule has 3 N–H and O–H groups in total. The second-order valence-corrected chi connectivity index (χ2v) is 13.6. The van der Waals surface area contributed by atoms with Crippen LogP contribution in [0.5, 0.6) is 0 Å². The summed E-state index contributed by atoms with van der Waals surface area (Å²) in [5, 5.41) is 27.2. The van der Waals surface area contributed by atoms with Crippen molar-refractivity contribution < 1.29 is 118 Å². The fourth-order valence-electron chi connectivity index (χ4n) is 8.91. The third kappa shape index (κ3) is 7.78. The van der Waals surface area contributed by atoms with Gasteiger partial charge in [-0.25, -0.2) is 30.8 Å². The van der Waals surface area contributed by atoms with Gasteiger partial charge in [-0.15, -0.1) is 37.2 Å². The number of hydrogen-bond donors (Lipinski definition) is 3. The molecule has 6 aliphatic rings. The van der Waals surface area contributed by atoms with E-state index in [1.807, 2.05) is 18.2 Å². The molecule has 0 saturated heterocycles. The van der Waals surface area contributed by atoms with Crippen LogP contribution in [0.1, 0.15) is 103 Å². The average Bonchev–Trinajstić information content (AvgIpc) is 3.86. The maximum Gasteiger partial charge on any atom is 1.00 e. The van der Waals surface area contributed by atoms with Crippen molar-refractivity contribution in [1.29, 1.82) is 0 Å². The molecule has 0 bridgehead atoms. The summed E-state index contributed by atoms with van der Waals surface area (Å²) in [6.45, 7) is 0. The molecule has 0 radical (unpaired) electrons. The number of carboxylic acid groups (broad SMARTS) is 3. The molecule has 12 heteroatoms. The Bertz CT molecular complexity index is 1450. The van der Waals surface area contributed by atoms with Gasteiger partial charge >= 0.3 is 107 Å². The first-order valence-corrected chi connectivity index (χ1v) is 15.8. The molecule has 0 aromatic carbocycles. The van der Waals surface area contributed by atoms with E-state index in [4.69, 9.17) is 15.3 Å². The Balaban J connectivity index is 0.000000149. The van der Waals surface area contributed by atoms with Crippen LogP contribution < -0.4 is 88.7 Å². The maximum absolute atomic E-state index is 11.0. The van der Waals surface area contributed by atoms with Gasteiger partial charge in [0.05, 0.1) is 0 Å². The summed E-state index contributed by atoms with van der Waals surface area (Å²) in [4.78, 5) is 33.0. The van der Waals surface area contributed by atoms with Crippen LogP contribution in [-0.2, 0) is 19.3 Å². The van der Waals surface area contributed by atoms with Crippen LogP contribution in [0.25, 0.3) is 0 Å². The number of carboxylic acids is 3. The SMILES string of the molecule is O=C(O)c1ccc[b-]2c1CCC1CC21.O=C(O)c1ccc[b-]2c1CCC1CC21.O=C(O)c1ccc[b-]2c1CCC1CC21.[Na+].[Na+].[Na+]. The van der Waals surface area contributed by atoms with E-state index in [9.17, 15) is 14.4 Å². The van der Waals surface area contributed by atoms with Crippen molar-refractivity contribution in [3.63, 3.8) is 0 Å². The second-order valence-electron chi connectivity index (χ2n) is 13.6. The minimum atomic E-state index is -0.756. The Morgan fingerprint density at radius 3 is 1.02 bits per heavy atom. The van der Waals surface area contributed by atoms with Crippen LogP contribution in [0.3, 0.4) is 0 Å². The fourth-order valence-corrected chi connectivity index (χ4v) is 8.91. The second kappa shape index (κ2) is 15.5. The molecule has 45 heavy (non-hydrogen) atoms. The normalized spacial score (nSPS) is 25.9. The van der Waals surface area contributed by atoms with Crippen molar-refractivity contribution in [2.75, 3.05) is 0 Å². The molecule has 9 rings (SSSR count). The van der Waals surface area contributed by atoms with E-state index >= 15 is 0 Å². The van der Waals surface area contributed by atoms with Crippen LogP contribution in [0.4, 0.5) is 0 Å². The van der Waals surface area contributed by atoms with E-state index in [0.29, 0.717) is 35.7 Å². The van der Waals surface area contributed by atoms with Gasteiger partial charge in [0, 0.05) is 16.7 Å². The van der Waals surface area contributed by atoms with Gasteiger partial charge < -0.3 is 15.3 Å². The first-order valence-electron chi connectivity index (χ1n) is 15.8. The summed E-state index contributed by atoms with van der Waals surface area (Å²) in [6, 6.07) is 11.0. The van der Waals surface area contributed by atoms with E-state index < -0.39 is 17.9 Å². The van der Waals surface area contributed by atoms with Gasteiger partial charge in [0.1, 0.15) is 0 Å². The Labute approximate surface area is 332 Å². The van der Waals surface area contributed by atoms with Gasteiger partial charge in [-0.1, -0.05) is 93.7 Å². The summed E-state index contributed by atoms with van der Waals surface area (Å²) in [5.41, 5.74) is 5.21. The summed E-state index contributed by atoms with van der Waals surface area (Å²) >= 11 is 0. The zero-order valence-electron chi connectivity index (χ0n) is 26.8. The summed E-state index contributed by atoms with van der Waals surface area (Å²) in [7, 11) is 0. The van der Waals surface area contributed by atoms with Crippen molar-refractivity contribution in [2.24, 2.45) is 17.8 Å². The van der Waals surface area contributed by atoms with Gasteiger partial charge in [-0.3, -0.25) is 17.9 Å². The van der Waals surface area contributed by atoms with E-state index in [0.717, 1.165) is 54.5 Å².